The van der Waals surface area contributed by atoms with Crippen molar-refractivity contribution >= 4 is 27.5 Å². The highest BCUT2D eigenvalue weighted by molar-refractivity contribution is 9.10. The van der Waals surface area contributed by atoms with Crippen LogP contribution in [-0.4, -0.2) is 44.1 Å². The van der Waals surface area contributed by atoms with E-state index in [1.807, 2.05) is 29.2 Å². The van der Waals surface area contributed by atoms with E-state index in [9.17, 15) is 4.79 Å². The number of piperazine rings is 1. The van der Waals surface area contributed by atoms with Crippen molar-refractivity contribution in [3.05, 3.63) is 58.1 Å². The van der Waals surface area contributed by atoms with Gasteiger partial charge in [-0.25, -0.2) is 0 Å². The Morgan fingerprint density at radius 2 is 1.79 bits per heavy atom. The summed E-state index contributed by atoms with van der Waals surface area (Å²) in [4.78, 5) is 17.0. The maximum Gasteiger partial charge on any atom is 0.257 e. The lowest BCUT2D eigenvalue weighted by molar-refractivity contribution is 0.0743. The molecule has 0 saturated carbocycles. The van der Waals surface area contributed by atoms with Gasteiger partial charge in [0.15, 0.2) is 0 Å². The lowest BCUT2D eigenvalue weighted by Crippen LogP contribution is -2.49. The highest BCUT2D eigenvalue weighted by atomic mass is 79.9. The van der Waals surface area contributed by atoms with E-state index >= 15 is 0 Å². The molecule has 1 saturated heterocycles. The highest BCUT2D eigenvalue weighted by Gasteiger charge is 2.24. The van der Waals surface area contributed by atoms with Crippen molar-refractivity contribution in [3.63, 3.8) is 0 Å². The second-order valence-corrected chi connectivity index (χ2v) is 6.79. The zero-order valence-corrected chi connectivity index (χ0v) is 15.5. The minimum atomic E-state index is 0.0371. The molecule has 1 heterocycles. The first kappa shape index (κ1) is 16.8. The van der Waals surface area contributed by atoms with Gasteiger partial charge in [0, 0.05) is 30.7 Å². The molecule has 0 bridgehead atoms. The predicted octanol–water partition coefficient (Wildman–Crippen LogP) is 3.73. The summed E-state index contributed by atoms with van der Waals surface area (Å²) in [6.45, 7) is 5.14. The Labute approximate surface area is 151 Å². The van der Waals surface area contributed by atoms with Crippen molar-refractivity contribution in [3.8, 4) is 5.75 Å². The van der Waals surface area contributed by atoms with Crippen molar-refractivity contribution in [1.29, 1.82) is 0 Å². The molecule has 24 heavy (non-hydrogen) atoms. The molecular weight excluding hydrogens is 368 g/mol. The molecule has 1 amide bonds. The molecule has 0 spiro atoms. The smallest absolute Gasteiger partial charge is 0.257 e. The molecule has 2 aromatic rings. The Morgan fingerprint density at radius 1 is 1.08 bits per heavy atom. The Bertz CT molecular complexity index is 740. The van der Waals surface area contributed by atoms with Gasteiger partial charge in [-0.1, -0.05) is 18.2 Å². The summed E-state index contributed by atoms with van der Waals surface area (Å²) in [6, 6.07) is 13.8. The monoisotopic (exact) mass is 388 g/mol. The number of methoxy groups -OCH3 is 1. The number of aryl methyl sites for hydroxylation is 1. The van der Waals surface area contributed by atoms with Crippen LogP contribution in [0.4, 0.5) is 5.69 Å². The normalized spacial score (nSPS) is 14.6. The maximum absolute atomic E-state index is 12.8. The summed E-state index contributed by atoms with van der Waals surface area (Å²) in [7, 11) is 1.60. The van der Waals surface area contributed by atoms with Crippen LogP contribution < -0.4 is 9.64 Å². The molecule has 1 aliphatic rings. The van der Waals surface area contributed by atoms with Gasteiger partial charge in [-0.05, 0) is 52.7 Å². The number of nitrogens with zero attached hydrogens (tertiary/aromatic N) is 2. The Kier molecular flexibility index (Phi) is 5.09. The third-order valence-electron chi connectivity index (χ3n) is 4.35. The first-order chi connectivity index (χ1) is 11.6. The number of ether oxygens (including phenoxy) is 1. The summed E-state index contributed by atoms with van der Waals surface area (Å²) in [5.41, 5.74) is 3.05. The number of rotatable bonds is 3. The second kappa shape index (κ2) is 7.26. The molecule has 0 aromatic heterocycles. The zero-order valence-electron chi connectivity index (χ0n) is 14.0. The minimum Gasteiger partial charge on any atom is -0.496 e. The zero-order chi connectivity index (χ0) is 17.1. The Morgan fingerprint density at radius 3 is 2.46 bits per heavy atom. The summed E-state index contributed by atoms with van der Waals surface area (Å²) in [6.07, 6.45) is 0. The molecule has 126 valence electrons. The maximum atomic E-state index is 12.8. The van der Waals surface area contributed by atoms with E-state index in [1.165, 1.54) is 11.3 Å². The summed E-state index contributed by atoms with van der Waals surface area (Å²) in [5, 5.41) is 0. The lowest BCUT2D eigenvalue weighted by atomic mass is 10.1. The molecule has 0 N–H and O–H groups in total. The van der Waals surface area contributed by atoms with Gasteiger partial charge in [-0.3, -0.25) is 4.79 Å². The molecule has 4 nitrogen and oxygen atoms in total. The van der Waals surface area contributed by atoms with Gasteiger partial charge >= 0.3 is 0 Å². The standard InChI is InChI=1S/C19H21BrN2O2/c1-14-7-8-17(16(20)13-14)21-9-11-22(12-10-21)19(23)15-5-3-4-6-18(15)24-2/h3-8,13H,9-12H2,1-2H3. The highest BCUT2D eigenvalue weighted by Crippen LogP contribution is 2.28. The quantitative estimate of drug-likeness (QED) is 0.802. The molecule has 2 aromatic carbocycles. The van der Waals surface area contributed by atoms with E-state index in [1.54, 1.807) is 7.11 Å². The molecule has 0 radical (unpaired) electrons. The number of hydrogen-bond donors (Lipinski definition) is 0. The van der Waals surface area contributed by atoms with Crippen LogP contribution in [0.1, 0.15) is 15.9 Å². The molecule has 1 aliphatic heterocycles. The lowest BCUT2D eigenvalue weighted by Gasteiger charge is -2.36. The molecule has 5 heteroatoms. The number of para-hydroxylation sites is 1. The van der Waals surface area contributed by atoms with Crippen LogP contribution in [0.5, 0.6) is 5.75 Å². The fourth-order valence-corrected chi connectivity index (χ4v) is 3.75. The first-order valence-electron chi connectivity index (χ1n) is 8.03. The van der Waals surface area contributed by atoms with E-state index in [4.69, 9.17) is 4.74 Å². The number of carbonyl (C=O) groups is 1. The summed E-state index contributed by atoms with van der Waals surface area (Å²) in [5.74, 6) is 0.668. The van der Waals surface area contributed by atoms with Crippen molar-refractivity contribution in [2.75, 3.05) is 38.2 Å². The van der Waals surface area contributed by atoms with Crippen molar-refractivity contribution in [1.82, 2.24) is 4.90 Å². The molecular formula is C19H21BrN2O2. The number of benzene rings is 2. The van der Waals surface area contributed by atoms with E-state index in [0.29, 0.717) is 24.4 Å². The fourth-order valence-electron chi connectivity index (χ4n) is 3.01. The average Bonchev–Trinajstić information content (AvgIpc) is 2.61. The van der Waals surface area contributed by atoms with Crippen LogP contribution in [-0.2, 0) is 0 Å². The minimum absolute atomic E-state index is 0.0371. The van der Waals surface area contributed by atoms with Crippen molar-refractivity contribution < 1.29 is 9.53 Å². The summed E-state index contributed by atoms with van der Waals surface area (Å²) < 4.78 is 6.41. The van der Waals surface area contributed by atoms with E-state index in [-0.39, 0.29) is 5.91 Å². The number of anilines is 1. The first-order valence-corrected chi connectivity index (χ1v) is 8.83. The van der Waals surface area contributed by atoms with Crippen molar-refractivity contribution in [2.24, 2.45) is 0 Å². The molecule has 0 aliphatic carbocycles. The van der Waals surface area contributed by atoms with Crippen LogP contribution >= 0.6 is 15.9 Å². The number of halogens is 1. The van der Waals surface area contributed by atoms with E-state index in [0.717, 1.165) is 17.6 Å². The predicted molar refractivity (Wildman–Crippen MR) is 100.0 cm³/mol. The van der Waals surface area contributed by atoms with Gasteiger partial charge in [0.05, 0.1) is 18.4 Å². The third-order valence-corrected chi connectivity index (χ3v) is 4.98. The number of carbonyl (C=O) groups excluding carboxylic acids is 1. The molecule has 3 rings (SSSR count). The Balaban J connectivity index is 1.69. The van der Waals surface area contributed by atoms with Gasteiger partial charge < -0.3 is 14.5 Å². The summed E-state index contributed by atoms with van der Waals surface area (Å²) >= 11 is 3.64. The van der Waals surface area contributed by atoms with Gasteiger partial charge in [-0.2, -0.15) is 0 Å². The second-order valence-electron chi connectivity index (χ2n) is 5.93. The van der Waals surface area contributed by atoms with Crippen LogP contribution in [0, 0.1) is 6.92 Å². The largest absolute Gasteiger partial charge is 0.496 e. The van der Waals surface area contributed by atoms with Crippen LogP contribution in [0.3, 0.4) is 0 Å². The van der Waals surface area contributed by atoms with E-state index in [2.05, 4.69) is 46.0 Å². The van der Waals surface area contributed by atoms with Gasteiger partial charge in [0.2, 0.25) is 0 Å². The van der Waals surface area contributed by atoms with Gasteiger partial charge in [0.1, 0.15) is 5.75 Å². The fraction of sp³-hybridized carbons (Fsp3) is 0.316. The topological polar surface area (TPSA) is 32.8 Å². The van der Waals surface area contributed by atoms with Crippen LogP contribution in [0.15, 0.2) is 46.9 Å². The van der Waals surface area contributed by atoms with Gasteiger partial charge in [0.25, 0.3) is 5.91 Å². The van der Waals surface area contributed by atoms with Gasteiger partial charge in [-0.15, -0.1) is 0 Å². The van der Waals surface area contributed by atoms with Crippen LogP contribution in [0.2, 0.25) is 0 Å². The number of hydrogen-bond acceptors (Lipinski definition) is 3. The third kappa shape index (κ3) is 3.41. The molecule has 1 fully saturated rings. The average molecular weight is 389 g/mol. The van der Waals surface area contributed by atoms with E-state index < -0.39 is 0 Å². The SMILES string of the molecule is COc1ccccc1C(=O)N1CCN(c2ccc(C)cc2Br)CC1. The van der Waals surface area contributed by atoms with Crippen molar-refractivity contribution in [2.45, 2.75) is 6.92 Å². The Hall–Kier alpha value is -2.01. The van der Waals surface area contributed by atoms with Crippen LogP contribution in [0.25, 0.3) is 0 Å². The molecule has 0 atom stereocenters. The molecule has 0 unspecified atom stereocenters. The number of amides is 1.